The molecule has 0 aliphatic carbocycles. The second-order valence-corrected chi connectivity index (χ2v) is 5.64. The highest BCUT2D eigenvalue weighted by Crippen LogP contribution is 2.30. The summed E-state index contributed by atoms with van der Waals surface area (Å²) < 4.78 is 1.03. The smallest absolute Gasteiger partial charge is 0.0464 e. The van der Waals surface area contributed by atoms with Crippen molar-refractivity contribution in [3.8, 4) is 0 Å². The van der Waals surface area contributed by atoms with Gasteiger partial charge in [0.25, 0.3) is 0 Å². The second kappa shape index (κ2) is 5.05. The Morgan fingerprint density at radius 3 is 2.69 bits per heavy atom. The van der Waals surface area contributed by atoms with Crippen LogP contribution in [-0.2, 0) is 0 Å². The predicted molar refractivity (Wildman–Crippen MR) is 72.0 cm³/mol. The molecule has 1 atom stereocenters. The quantitative estimate of drug-likeness (QED) is 0.923. The normalized spacial score (nSPS) is 18.6. The zero-order chi connectivity index (χ0) is 11.7. The highest BCUT2D eigenvalue weighted by atomic mass is 79.9. The summed E-state index contributed by atoms with van der Waals surface area (Å²) in [7, 11) is 2.16. The molecule has 1 N–H and O–H groups in total. The van der Waals surface area contributed by atoms with Gasteiger partial charge in [0, 0.05) is 34.7 Å². The predicted octanol–water partition coefficient (Wildman–Crippen LogP) is 3.07. The molecular formula is C12H16BrClN2. The lowest BCUT2D eigenvalue weighted by molar-refractivity contribution is 0.136. The number of hydrogen-bond acceptors (Lipinski definition) is 2. The molecule has 0 amide bonds. The first-order valence-corrected chi connectivity index (χ1v) is 6.64. The first kappa shape index (κ1) is 12.4. The Labute approximate surface area is 110 Å². The zero-order valence-electron chi connectivity index (χ0n) is 9.50. The summed E-state index contributed by atoms with van der Waals surface area (Å²) >= 11 is 9.69. The van der Waals surface area contributed by atoms with Crippen LogP contribution in [0, 0.1) is 0 Å². The van der Waals surface area contributed by atoms with E-state index < -0.39 is 0 Å². The molecule has 1 unspecified atom stereocenters. The molecular weight excluding hydrogens is 288 g/mol. The van der Waals surface area contributed by atoms with Crippen LogP contribution >= 0.6 is 27.5 Å². The summed E-state index contributed by atoms with van der Waals surface area (Å²) in [5.74, 6) is 0. The van der Waals surface area contributed by atoms with Crippen molar-refractivity contribution in [1.82, 2.24) is 10.2 Å². The van der Waals surface area contributed by atoms with Crippen molar-refractivity contribution in [2.24, 2.45) is 0 Å². The Hall–Kier alpha value is -0.0900. The minimum absolute atomic E-state index is 0.354. The van der Waals surface area contributed by atoms with E-state index >= 15 is 0 Å². The maximum Gasteiger partial charge on any atom is 0.0464 e. The van der Waals surface area contributed by atoms with Crippen LogP contribution in [0.1, 0.15) is 18.5 Å². The molecule has 1 saturated heterocycles. The van der Waals surface area contributed by atoms with Gasteiger partial charge in [-0.3, -0.25) is 4.90 Å². The molecule has 1 aromatic carbocycles. The van der Waals surface area contributed by atoms with Gasteiger partial charge in [-0.05, 0) is 31.7 Å². The monoisotopic (exact) mass is 302 g/mol. The molecule has 2 rings (SSSR count). The van der Waals surface area contributed by atoms with Gasteiger partial charge in [0.15, 0.2) is 0 Å². The van der Waals surface area contributed by atoms with Gasteiger partial charge in [0.2, 0.25) is 0 Å². The summed E-state index contributed by atoms with van der Waals surface area (Å²) in [5, 5.41) is 4.12. The SMILES string of the molecule is CC(c1ccc(Br)cc1Cl)N(C)C1CNC1. The molecule has 1 aromatic rings. The molecule has 0 spiro atoms. The zero-order valence-corrected chi connectivity index (χ0v) is 11.8. The molecule has 1 heterocycles. The fourth-order valence-corrected chi connectivity index (χ4v) is 2.77. The van der Waals surface area contributed by atoms with Gasteiger partial charge in [0.05, 0.1) is 0 Å². The summed E-state index contributed by atoms with van der Waals surface area (Å²) in [4.78, 5) is 2.38. The Balaban J connectivity index is 2.15. The first-order chi connectivity index (χ1) is 7.59. The van der Waals surface area contributed by atoms with E-state index in [1.807, 2.05) is 12.1 Å². The summed E-state index contributed by atoms with van der Waals surface area (Å²) in [6.45, 7) is 4.36. The highest BCUT2D eigenvalue weighted by molar-refractivity contribution is 9.10. The van der Waals surface area contributed by atoms with Crippen LogP contribution in [0.25, 0.3) is 0 Å². The Morgan fingerprint density at radius 2 is 2.19 bits per heavy atom. The number of hydrogen-bond donors (Lipinski definition) is 1. The number of nitrogens with one attached hydrogen (secondary N) is 1. The average Bonchev–Trinajstić information content (AvgIpc) is 2.14. The van der Waals surface area contributed by atoms with E-state index in [0.717, 1.165) is 22.6 Å². The molecule has 16 heavy (non-hydrogen) atoms. The lowest BCUT2D eigenvalue weighted by atomic mass is 10.0. The van der Waals surface area contributed by atoms with Crippen molar-refractivity contribution in [3.63, 3.8) is 0 Å². The van der Waals surface area contributed by atoms with E-state index in [4.69, 9.17) is 11.6 Å². The maximum absolute atomic E-state index is 6.26. The van der Waals surface area contributed by atoms with Gasteiger partial charge in [0.1, 0.15) is 0 Å². The number of benzene rings is 1. The van der Waals surface area contributed by atoms with Gasteiger partial charge in [-0.25, -0.2) is 0 Å². The molecule has 0 radical (unpaired) electrons. The first-order valence-electron chi connectivity index (χ1n) is 5.47. The largest absolute Gasteiger partial charge is 0.314 e. The molecule has 1 aliphatic rings. The van der Waals surface area contributed by atoms with Crippen molar-refractivity contribution >= 4 is 27.5 Å². The van der Waals surface area contributed by atoms with Gasteiger partial charge in [-0.2, -0.15) is 0 Å². The molecule has 88 valence electrons. The maximum atomic E-state index is 6.26. The van der Waals surface area contributed by atoms with Crippen LogP contribution in [0.15, 0.2) is 22.7 Å². The summed E-state index contributed by atoms with van der Waals surface area (Å²) in [6.07, 6.45) is 0. The van der Waals surface area contributed by atoms with E-state index in [0.29, 0.717) is 12.1 Å². The van der Waals surface area contributed by atoms with Crippen LogP contribution in [0.5, 0.6) is 0 Å². The topological polar surface area (TPSA) is 15.3 Å². The Bertz CT molecular complexity index is 379. The third-order valence-electron chi connectivity index (χ3n) is 3.36. The van der Waals surface area contributed by atoms with Crippen molar-refractivity contribution in [2.45, 2.75) is 19.0 Å². The minimum atomic E-state index is 0.354. The fraction of sp³-hybridized carbons (Fsp3) is 0.500. The summed E-state index contributed by atoms with van der Waals surface area (Å²) in [6, 6.07) is 7.09. The van der Waals surface area contributed by atoms with E-state index in [9.17, 15) is 0 Å². The van der Waals surface area contributed by atoms with Crippen molar-refractivity contribution in [2.75, 3.05) is 20.1 Å². The number of halogens is 2. The van der Waals surface area contributed by atoms with E-state index in [1.54, 1.807) is 0 Å². The molecule has 2 nitrogen and oxygen atoms in total. The van der Waals surface area contributed by atoms with Gasteiger partial charge >= 0.3 is 0 Å². The Kier molecular flexibility index (Phi) is 3.90. The van der Waals surface area contributed by atoms with E-state index in [1.165, 1.54) is 5.56 Å². The average molecular weight is 304 g/mol. The van der Waals surface area contributed by atoms with Crippen LogP contribution in [0.3, 0.4) is 0 Å². The number of rotatable bonds is 3. The standard InChI is InChI=1S/C12H16BrClN2/c1-8(16(2)10-6-15-7-10)11-4-3-9(13)5-12(11)14/h3-5,8,10,15H,6-7H2,1-2H3. The van der Waals surface area contributed by atoms with Crippen LogP contribution in [0.4, 0.5) is 0 Å². The van der Waals surface area contributed by atoms with Crippen LogP contribution in [-0.4, -0.2) is 31.1 Å². The molecule has 4 heteroatoms. The molecule has 1 fully saturated rings. The highest BCUT2D eigenvalue weighted by Gasteiger charge is 2.26. The van der Waals surface area contributed by atoms with E-state index in [-0.39, 0.29) is 0 Å². The van der Waals surface area contributed by atoms with Crippen LogP contribution in [0.2, 0.25) is 5.02 Å². The molecule has 0 bridgehead atoms. The van der Waals surface area contributed by atoms with Gasteiger partial charge < -0.3 is 5.32 Å². The molecule has 0 saturated carbocycles. The number of likely N-dealkylation sites (N-methyl/N-ethyl adjacent to an activating group) is 1. The van der Waals surface area contributed by atoms with Crippen molar-refractivity contribution < 1.29 is 0 Å². The second-order valence-electron chi connectivity index (χ2n) is 4.32. The van der Waals surface area contributed by atoms with Gasteiger partial charge in [-0.15, -0.1) is 0 Å². The minimum Gasteiger partial charge on any atom is -0.314 e. The third-order valence-corrected chi connectivity index (χ3v) is 4.18. The third kappa shape index (κ3) is 2.43. The number of nitrogens with zero attached hydrogens (tertiary/aromatic N) is 1. The van der Waals surface area contributed by atoms with Crippen molar-refractivity contribution in [3.05, 3.63) is 33.3 Å². The lowest BCUT2D eigenvalue weighted by Crippen LogP contribution is -2.56. The van der Waals surface area contributed by atoms with Crippen molar-refractivity contribution in [1.29, 1.82) is 0 Å². The Morgan fingerprint density at radius 1 is 1.50 bits per heavy atom. The van der Waals surface area contributed by atoms with E-state index in [2.05, 4.69) is 46.2 Å². The fourth-order valence-electron chi connectivity index (χ4n) is 1.94. The molecule has 1 aliphatic heterocycles. The van der Waals surface area contributed by atoms with Gasteiger partial charge in [-0.1, -0.05) is 33.6 Å². The lowest BCUT2D eigenvalue weighted by Gasteiger charge is -2.39. The molecule has 0 aromatic heterocycles. The van der Waals surface area contributed by atoms with Crippen LogP contribution < -0.4 is 5.32 Å². The summed E-state index contributed by atoms with van der Waals surface area (Å²) in [5.41, 5.74) is 1.19.